The predicted octanol–water partition coefficient (Wildman–Crippen LogP) is 2.46. The van der Waals surface area contributed by atoms with E-state index in [9.17, 15) is 5.11 Å². The summed E-state index contributed by atoms with van der Waals surface area (Å²) < 4.78 is 0.972. The number of aromatic amines is 1. The van der Waals surface area contributed by atoms with Crippen LogP contribution < -0.4 is 0 Å². The second kappa shape index (κ2) is 3.99. The first kappa shape index (κ1) is 11.3. The molecule has 4 nitrogen and oxygen atoms in total. The third kappa shape index (κ3) is 2.31. The normalized spacial score (nSPS) is 11.8. The molecule has 0 amide bonds. The van der Waals surface area contributed by atoms with Crippen molar-refractivity contribution in [1.29, 1.82) is 0 Å². The lowest BCUT2D eigenvalue weighted by Crippen LogP contribution is -2.17. The van der Waals surface area contributed by atoms with Gasteiger partial charge in [-0.1, -0.05) is 28.1 Å². The second-order valence-corrected chi connectivity index (χ2v) is 4.99. The Balaban J connectivity index is 2.39. The Morgan fingerprint density at radius 1 is 1.38 bits per heavy atom. The number of nitrogens with one attached hydrogen (secondary N) is 1. The molecule has 0 aliphatic rings. The fraction of sp³-hybridized carbons (Fsp3) is 0.273. The lowest BCUT2D eigenvalue weighted by Gasteiger charge is -2.11. The Bertz CT molecular complexity index is 502. The summed E-state index contributed by atoms with van der Waals surface area (Å²) in [5.41, 5.74) is -0.0989. The van der Waals surface area contributed by atoms with Gasteiger partial charge < -0.3 is 5.11 Å². The molecular formula is C11H12BrN3O. The summed E-state index contributed by atoms with van der Waals surface area (Å²) in [6.45, 7) is 3.33. The minimum Gasteiger partial charge on any atom is -0.382 e. The molecule has 2 N–H and O–H groups in total. The molecule has 1 aromatic heterocycles. The van der Waals surface area contributed by atoms with Gasteiger partial charge in [0.15, 0.2) is 11.6 Å². The smallest absolute Gasteiger partial charge is 0.181 e. The van der Waals surface area contributed by atoms with E-state index in [0.29, 0.717) is 11.6 Å². The quantitative estimate of drug-likeness (QED) is 0.889. The number of aromatic nitrogens is 3. The zero-order valence-corrected chi connectivity index (χ0v) is 10.6. The lowest BCUT2D eigenvalue weighted by atomic mass is 10.1. The van der Waals surface area contributed by atoms with Gasteiger partial charge in [0.05, 0.1) is 0 Å². The van der Waals surface area contributed by atoms with Gasteiger partial charge in [0.1, 0.15) is 5.60 Å². The van der Waals surface area contributed by atoms with Crippen molar-refractivity contribution in [1.82, 2.24) is 15.2 Å². The maximum absolute atomic E-state index is 9.76. The lowest BCUT2D eigenvalue weighted by molar-refractivity contribution is 0.0692. The van der Waals surface area contributed by atoms with Crippen LogP contribution in [-0.4, -0.2) is 20.3 Å². The van der Waals surface area contributed by atoms with Crippen LogP contribution in [0.15, 0.2) is 28.7 Å². The van der Waals surface area contributed by atoms with Crippen molar-refractivity contribution in [3.8, 4) is 11.4 Å². The largest absolute Gasteiger partial charge is 0.382 e. The molecule has 2 rings (SSSR count). The van der Waals surface area contributed by atoms with Crippen molar-refractivity contribution in [2.24, 2.45) is 0 Å². The molecule has 5 heteroatoms. The molecule has 16 heavy (non-hydrogen) atoms. The molecule has 0 fully saturated rings. The molecule has 2 aromatic rings. The van der Waals surface area contributed by atoms with Crippen LogP contribution in [0.5, 0.6) is 0 Å². The molecule has 0 radical (unpaired) electrons. The fourth-order valence-corrected chi connectivity index (χ4v) is 1.69. The van der Waals surface area contributed by atoms with Crippen molar-refractivity contribution in [2.45, 2.75) is 19.4 Å². The topological polar surface area (TPSA) is 61.8 Å². The van der Waals surface area contributed by atoms with E-state index in [-0.39, 0.29) is 0 Å². The van der Waals surface area contributed by atoms with E-state index in [1.165, 1.54) is 0 Å². The molecule has 0 atom stereocenters. The highest BCUT2D eigenvalue weighted by Crippen LogP contribution is 2.22. The van der Waals surface area contributed by atoms with Crippen LogP contribution in [0.2, 0.25) is 0 Å². The minimum absolute atomic E-state index is 0.461. The van der Waals surface area contributed by atoms with Crippen LogP contribution in [0.3, 0.4) is 0 Å². The third-order valence-electron chi connectivity index (χ3n) is 2.15. The van der Waals surface area contributed by atoms with Crippen molar-refractivity contribution < 1.29 is 5.11 Å². The number of hydrogen-bond acceptors (Lipinski definition) is 3. The highest BCUT2D eigenvalue weighted by molar-refractivity contribution is 9.10. The van der Waals surface area contributed by atoms with Crippen molar-refractivity contribution in [2.75, 3.05) is 0 Å². The van der Waals surface area contributed by atoms with Crippen LogP contribution >= 0.6 is 15.9 Å². The van der Waals surface area contributed by atoms with E-state index >= 15 is 0 Å². The Hall–Kier alpha value is -1.20. The van der Waals surface area contributed by atoms with Crippen LogP contribution in [-0.2, 0) is 5.60 Å². The number of halogens is 1. The van der Waals surface area contributed by atoms with Crippen LogP contribution in [0.1, 0.15) is 19.7 Å². The van der Waals surface area contributed by atoms with Gasteiger partial charge in [-0.05, 0) is 26.0 Å². The molecule has 1 aromatic carbocycles. The van der Waals surface area contributed by atoms with Gasteiger partial charge in [0.25, 0.3) is 0 Å². The summed E-state index contributed by atoms with van der Waals surface area (Å²) in [6.07, 6.45) is 0. The van der Waals surface area contributed by atoms with E-state index in [2.05, 4.69) is 31.1 Å². The van der Waals surface area contributed by atoms with Gasteiger partial charge in [0.2, 0.25) is 0 Å². The SMILES string of the molecule is CC(C)(O)c1nc(-c2cccc(Br)c2)n[nH]1. The van der Waals surface area contributed by atoms with E-state index in [4.69, 9.17) is 0 Å². The van der Waals surface area contributed by atoms with Gasteiger partial charge in [0, 0.05) is 10.0 Å². The highest BCUT2D eigenvalue weighted by atomic mass is 79.9. The summed E-state index contributed by atoms with van der Waals surface area (Å²) in [5.74, 6) is 1.04. The van der Waals surface area contributed by atoms with E-state index in [1.807, 2.05) is 24.3 Å². The number of rotatable bonds is 2. The molecule has 0 aliphatic carbocycles. The number of nitrogens with zero attached hydrogens (tertiary/aromatic N) is 2. The fourth-order valence-electron chi connectivity index (χ4n) is 1.29. The van der Waals surface area contributed by atoms with Gasteiger partial charge >= 0.3 is 0 Å². The number of benzene rings is 1. The summed E-state index contributed by atoms with van der Waals surface area (Å²) in [7, 11) is 0. The maximum atomic E-state index is 9.76. The van der Waals surface area contributed by atoms with Crippen molar-refractivity contribution >= 4 is 15.9 Å². The molecule has 1 heterocycles. The molecule has 84 valence electrons. The molecular weight excluding hydrogens is 270 g/mol. The first-order valence-corrected chi connectivity index (χ1v) is 5.67. The Labute approximate surface area is 102 Å². The number of aliphatic hydroxyl groups is 1. The Kier molecular flexibility index (Phi) is 2.82. The number of hydrogen-bond donors (Lipinski definition) is 2. The molecule has 0 saturated carbocycles. The average molecular weight is 282 g/mol. The van der Waals surface area contributed by atoms with Crippen LogP contribution in [0, 0.1) is 0 Å². The molecule has 0 saturated heterocycles. The molecule has 0 unspecified atom stereocenters. The van der Waals surface area contributed by atoms with Gasteiger partial charge in [-0.25, -0.2) is 4.98 Å². The summed E-state index contributed by atoms with van der Waals surface area (Å²) >= 11 is 3.39. The van der Waals surface area contributed by atoms with E-state index in [1.54, 1.807) is 13.8 Å². The summed E-state index contributed by atoms with van der Waals surface area (Å²) in [4.78, 5) is 4.26. The monoisotopic (exact) mass is 281 g/mol. The first-order valence-electron chi connectivity index (χ1n) is 4.88. The first-order chi connectivity index (χ1) is 7.47. The average Bonchev–Trinajstić information content (AvgIpc) is 2.65. The minimum atomic E-state index is -1.00. The molecule has 0 aliphatic heterocycles. The predicted molar refractivity (Wildman–Crippen MR) is 64.8 cm³/mol. The summed E-state index contributed by atoms with van der Waals surface area (Å²) in [6, 6.07) is 7.70. The summed E-state index contributed by atoms with van der Waals surface area (Å²) in [5, 5.41) is 16.6. The Morgan fingerprint density at radius 3 is 2.69 bits per heavy atom. The third-order valence-corrected chi connectivity index (χ3v) is 2.64. The van der Waals surface area contributed by atoms with Gasteiger partial charge in [-0.3, -0.25) is 5.10 Å². The zero-order chi connectivity index (χ0) is 11.8. The van der Waals surface area contributed by atoms with Crippen LogP contribution in [0.4, 0.5) is 0 Å². The zero-order valence-electron chi connectivity index (χ0n) is 9.03. The van der Waals surface area contributed by atoms with E-state index < -0.39 is 5.60 Å². The maximum Gasteiger partial charge on any atom is 0.181 e. The van der Waals surface area contributed by atoms with Gasteiger partial charge in [-0.15, -0.1) is 0 Å². The second-order valence-electron chi connectivity index (χ2n) is 4.08. The van der Waals surface area contributed by atoms with Crippen molar-refractivity contribution in [3.63, 3.8) is 0 Å². The number of H-pyrrole nitrogens is 1. The molecule has 0 spiro atoms. The van der Waals surface area contributed by atoms with Gasteiger partial charge in [-0.2, -0.15) is 5.10 Å². The molecule has 0 bridgehead atoms. The van der Waals surface area contributed by atoms with Crippen LogP contribution in [0.25, 0.3) is 11.4 Å². The Morgan fingerprint density at radius 2 is 2.12 bits per heavy atom. The van der Waals surface area contributed by atoms with Crippen molar-refractivity contribution in [3.05, 3.63) is 34.6 Å². The standard InChI is InChI=1S/C11H12BrN3O/c1-11(2,16)10-13-9(14-15-10)7-4-3-5-8(12)6-7/h3-6,16H,1-2H3,(H,13,14,15). The highest BCUT2D eigenvalue weighted by Gasteiger charge is 2.21. The van der Waals surface area contributed by atoms with E-state index in [0.717, 1.165) is 10.0 Å².